The van der Waals surface area contributed by atoms with Crippen molar-refractivity contribution >= 4 is 5.84 Å². The van der Waals surface area contributed by atoms with Gasteiger partial charge in [0.05, 0.1) is 6.61 Å². The first-order valence-corrected chi connectivity index (χ1v) is 5.00. The number of ether oxygens (including phenoxy) is 1. The summed E-state index contributed by atoms with van der Waals surface area (Å²) in [4.78, 5) is 5.58. The predicted molar refractivity (Wildman–Crippen MR) is 55.2 cm³/mol. The molecule has 0 aliphatic carbocycles. The number of amidine groups is 1. The highest BCUT2D eigenvalue weighted by atomic mass is 16.6. The molecule has 0 spiro atoms. The lowest BCUT2D eigenvalue weighted by atomic mass is 10.1. The van der Waals surface area contributed by atoms with E-state index < -0.39 is 24.5 Å². The van der Waals surface area contributed by atoms with Crippen LogP contribution in [0.5, 0.6) is 0 Å². The van der Waals surface area contributed by atoms with Crippen molar-refractivity contribution in [2.24, 2.45) is 10.7 Å². The summed E-state index contributed by atoms with van der Waals surface area (Å²) in [5, 5.41) is 28.2. The largest absolute Gasteiger partial charge is 0.394 e. The fourth-order valence-corrected chi connectivity index (χ4v) is 1.75. The van der Waals surface area contributed by atoms with Gasteiger partial charge in [0, 0.05) is 6.20 Å². The third-order valence-corrected chi connectivity index (χ3v) is 2.70. The SMILES string of the molecule is NC1=NCN([C@@H]2O[C@H](CO)[C@@H](O)[C@@H]2O)C=C1. The average molecular weight is 229 g/mol. The number of nitrogens with zero attached hydrogens (tertiary/aromatic N) is 2. The predicted octanol–water partition coefficient (Wildman–Crippen LogP) is -2.43. The molecular formula is C9H15N3O4. The molecule has 16 heavy (non-hydrogen) atoms. The zero-order valence-electron chi connectivity index (χ0n) is 8.60. The van der Waals surface area contributed by atoms with Gasteiger partial charge in [-0.25, -0.2) is 4.99 Å². The molecule has 4 atom stereocenters. The van der Waals surface area contributed by atoms with Crippen LogP contribution in [-0.2, 0) is 4.74 Å². The van der Waals surface area contributed by atoms with Crippen LogP contribution < -0.4 is 5.73 Å². The van der Waals surface area contributed by atoms with Crippen LogP contribution in [0.1, 0.15) is 0 Å². The third kappa shape index (κ3) is 1.90. The Labute approximate surface area is 92.4 Å². The average Bonchev–Trinajstić information content (AvgIpc) is 2.57. The minimum Gasteiger partial charge on any atom is -0.394 e. The van der Waals surface area contributed by atoms with Crippen molar-refractivity contribution in [1.29, 1.82) is 0 Å². The molecule has 0 amide bonds. The first kappa shape index (κ1) is 11.3. The molecule has 2 aliphatic heterocycles. The van der Waals surface area contributed by atoms with E-state index in [9.17, 15) is 10.2 Å². The Bertz CT molecular complexity index is 320. The second kappa shape index (κ2) is 4.38. The summed E-state index contributed by atoms with van der Waals surface area (Å²) in [6.45, 7) is -0.0768. The van der Waals surface area contributed by atoms with Gasteiger partial charge in [-0.05, 0) is 6.08 Å². The molecule has 0 aromatic carbocycles. The Hall–Kier alpha value is -1.15. The van der Waals surface area contributed by atoms with Gasteiger partial charge in [-0.3, -0.25) is 0 Å². The molecular weight excluding hydrogens is 214 g/mol. The summed E-state index contributed by atoms with van der Waals surface area (Å²) in [6.07, 6.45) is -0.416. The summed E-state index contributed by atoms with van der Waals surface area (Å²) in [7, 11) is 0. The number of aliphatic imine (C=N–C) groups is 1. The van der Waals surface area contributed by atoms with Gasteiger partial charge in [0.15, 0.2) is 6.23 Å². The van der Waals surface area contributed by atoms with Crippen LogP contribution in [0.25, 0.3) is 0 Å². The van der Waals surface area contributed by atoms with Crippen molar-refractivity contribution in [2.75, 3.05) is 13.3 Å². The van der Waals surface area contributed by atoms with Gasteiger partial charge in [-0.15, -0.1) is 0 Å². The second-order valence-electron chi connectivity index (χ2n) is 3.78. The molecule has 7 nitrogen and oxygen atoms in total. The lowest BCUT2D eigenvalue weighted by molar-refractivity contribution is -0.0791. The number of rotatable bonds is 2. The van der Waals surface area contributed by atoms with Crippen molar-refractivity contribution in [1.82, 2.24) is 4.90 Å². The van der Waals surface area contributed by atoms with Gasteiger partial charge >= 0.3 is 0 Å². The highest BCUT2D eigenvalue weighted by Crippen LogP contribution is 2.24. The molecule has 0 aromatic heterocycles. The number of nitrogens with two attached hydrogens (primary N) is 1. The highest BCUT2D eigenvalue weighted by Gasteiger charge is 2.44. The van der Waals surface area contributed by atoms with Crippen LogP contribution in [0.15, 0.2) is 17.3 Å². The van der Waals surface area contributed by atoms with E-state index in [2.05, 4.69) is 4.99 Å². The molecule has 0 aromatic rings. The fraction of sp³-hybridized carbons (Fsp3) is 0.667. The van der Waals surface area contributed by atoms with E-state index in [0.717, 1.165) is 0 Å². The number of hydrogen-bond acceptors (Lipinski definition) is 7. The monoisotopic (exact) mass is 229 g/mol. The molecule has 1 saturated heterocycles. The maximum atomic E-state index is 9.74. The van der Waals surface area contributed by atoms with E-state index in [1.165, 1.54) is 0 Å². The van der Waals surface area contributed by atoms with Crippen LogP contribution >= 0.6 is 0 Å². The summed E-state index contributed by atoms with van der Waals surface area (Å²) in [5.41, 5.74) is 5.45. The molecule has 2 rings (SSSR count). The molecule has 7 heteroatoms. The van der Waals surface area contributed by atoms with E-state index in [1.54, 1.807) is 17.2 Å². The van der Waals surface area contributed by atoms with Gasteiger partial charge in [0.25, 0.3) is 0 Å². The van der Waals surface area contributed by atoms with E-state index >= 15 is 0 Å². The van der Waals surface area contributed by atoms with Crippen LogP contribution in [0.4, 0.5) is 0 Å². The van der Waals surface area contributed by atoms with Crippen LogP contribution in [0.3, 0.4) is 0 Å². The molecule has 5 N–H and O–H groups in total. The Balaban J connectivity index is 2.04. The van der Waals surface area contributed by atoms with Crippen molar-refractivity contribution in [2.45, 2.75) is 24.5 Å². The zero-order valence-corrected chi connectivity index (χ0v) is 8.60. The van der Waals surface area contributed by atoms with Gasteiger partial charge in [-0.2, -0.15) is 0 Å². The maximum Gasteiger partial charge on any atom is 0.160 e. The van der Waals surface area contributed by atoms with Crippen molar-refractivity contribution < 1.29 is 20.1 Å². The maximum absolute atomic E-state index is 9.74. The lowest BCUT2D eigenvalue weighted by Gasteiger charge is -2.29. The van der Waals surface area contributed by atoms with E-state index in [0.29, 0.717) is 5.84 Å². The third-order valence-electron chi connectivity index (χ3n) is 2.70. The van der Waals surface area contributed by atoms with E-state index in [-0.39, 0.29) is 13.3 Å². The van der Waals surface area contributed by atoms with Gasteiger partial charge in [0.2, 0.25) is 0 Å². The zero-order chi connectivity index (χ0) is 11.7. The normalized spacial score (nSPS) is 38.9. The van der Waals surface area contributed by atoms with E-state index in [1.807, 2.05) is 0 Å². The summed E-state index contributed by atoms with van der Waals surface area (Å²) in [6, 6.07) is 0. The number of hydrogen-bond donors (Lipinski definition) is 4. The Morgan fingerprint density at radius 2 is 2.25 bits per heavy atom. The molecule has 1 fully saturated rings. The summed E-state index contributed by atoms with van der Waals surface area (Å²) < 4.78 is 5.32. The molecule has 0 bridgehead atoms. The van der Waals surface area contributed by atoms with Gasteiger partial charge in [-0.1, -0.05) is 0 Å². The Morgan fingerprint density at radius 1 is 1.50 bits per heavy atom. The molecule has 0 saturated carbocycles. The van der Waals surface area contributed by atoms with Crippen molar-refractivity contribution in [3.05, 3.63) is 12.3 Å². The Morgan fingerprint density at radius 3 is 2.75 bits per heavy atom. The van der Waals surface area contributed by atoms with Crippen LogP contribution in [-0.4, -0.2) is 63.9 Å². The highest BCUT2D eigenvalue weighted by molar-refractivity contribution is 5.91. The van der Waals surface area contributed by atoms with Crippen LogP contribution in [0, 0.1) is 0 Å². The second-order valence-corrected chi connectivity index (χ2v) is 3.78. The standard InChI is InChI=1S/C9H15N3O4/c10-6-1-2-12(4-11-6)9-8(15)7(14)5(3-13)16-9/h1-2,5,7-9,13-15H,3-4H2,(H2,10,11)/t5-,7-,8+,9-/m1/s1. The summed E-state index contributed by atoms with van der Waals surface area (Å²) in [5.74, 6) is 0.406. The van der Waals surface area contributed by atoms with Crippen molar-refractivity contribution in [3.63, 3.8) is 0 Å². The van der Waals surface area contributed by atoms with Gasteiger partial charge < -0.3 is 30.7 Å². The van der Waals surface area contributed by atoms with Gasteiger partial charge in [0.1, 0.15) is 30.8 Å². The molecule has 2 aliphatic rings. The topological polar surface area (TPSA) is 112 Å². The van der Waals surface area contributed by atoms with Crippen molar-refractivity contribution in [3.8, 4) is 0 Å². The first-order valence-electron chi connectivity index (χ1n) is 5.00. The molecule has 0 radical (unpaired) electrons. The quantitative estimate of drug-likeness (QED) is 0.419. The lowest BCUT2D eigenvalue weighted by Crippen LogP contribution is -2.43. The number of aliphatic hydroxyl groups is 3. The summed E-state index contributed by atoms with van der Waals surface area (Å²) >= 11 is 0. The molecule has 2 heterocycles. The fourth-order valence-electron chi connectivity index (χ4n) is 1.75. The smallest absolute Gasteiger partial charge is 0.160 e. The van der Waals surface area contributed by atoms with Crippen LogP contribution in [0.2, 0.25) is 0 Å². The molecule has 90 valence electrons. The Kier molecular flexibility index (Phi) is 3.10. The van der Waals surface area contributed by atoms with E-state index in [4.69, 9.17) is 15.6 Å². The minimum atomic E-state index is -1.09. The number of aliphatic hydroxyl groups excluding tert-OH is 3. The minimum absolute atomic E-state index is 0.259. The molecule has 0 unspecified atom stereocenters. The first-order chi connectivity index (χ1) is 7.63.